The molecule has 0 unspecified atom stereocenters. The van der Waals surface area contributed by atoms with Crippen LogP contribution < -0.4 is 15.5 Å². The molecule has 1 aliphatic rings. The fraction of sp³-hybridized carbons (Fsp3) is 0.435. The van der Waals surface area contributed by atoms with Crippen molar-refractivity contribution in [1.29, 1.82) is 0 Å². The van der Waals surface area contributed by atoms with Gasteiger partial charge in [-0.1, -0.05) is 35.8 Å². The van der Waals surface area contributed by atoms with Crippen molar-refractivity contribution in [3.05, 3.63) is 46.8 Å². The van der Waals surface area contributed by atoms with Gasteiger partial charge in [0.2, 0.25) is 5.91 Å². The van der Waals surface area contributed by atoms with Gasteiger partial charge in [-0.05, 0) is 37.1 Å². The summed E-state index contributed by atoms with van der Waals surface area (Å²) < 4.78 is 41.9. The predicted molar refractivity (Wildman–Crippen MR) is 140 cm³/mol. The molecule has 1 amide bonds. The van der Waals surface area contributed by atoms with E-state index < -0.39 is 30.1 Å². The van der Waals surface area contributed by atoms with Gasteiger partial charge in [-0.25, -0.2) is 9.97 Å². The lowest BCUT2D eigenvalue weighted by Gasteiger charge is -2.40. The molecule has 1 aliphatic heterocycles. The number of hydrogen-bond acceptors (Lipinski definition) is 5. The minimum Gasteiger partial charge on any atom is -0.374 e. The van der Waals surface area contributed by atoms with Crippen molar-refractivity contribution in [3.63, 3.8) is 0 Å². The van der Waals surface area contributed by atoms with E-state index in [2.05, 4.69) is 32.1 Å². The number of nitrogens with one attached hydrogen (secondary N) is 3. The first-order valence-corrected chi connectivity index (χ1v) is 15.0. The van der Waals surface area contributed by atoms with Crippen LogP contribution in [0.15, 0.2) is 36.8 Å². The molecule has 1 fully saturated rings. The van der Waals surface area contributed by atoms with E-state index in [1.54, 1.807) is 35.4 Å². The Labute approximate surface area is 219 Å². The maximum atomic E-state index is 14.0. The van der Waals surface area contributed by atoms with Crippen LogP contribution in [0.25, 0.3) is 11.0 Å². The highest BCUT2D eigenvalue weighted by atomic mass is 35.5. The normalized spacial score (nSPS) is 19.7. The number of carbonyl (C=O) groups excluding carboxylic acids is 1. The third kappa shape index (κ3) is 6.24. The van der Waals surface area contributed by atoms with Crippen LogP contribution in [-0.2, 0) is 4.79 Å². The Hall–Kier alpha value is -2.50. The molecule has 3 aromatic rings. The van der Waals surface area contributed by atoms with Gasteiger partial charge in [0.15, 0.2) is 0 Å². The number of H-pyrrole nitrogens is 1. The Morgan fingerprint density at radius 3 is 2.72 bits per heavy atom. The summed E-state index contributed by atoms with van der Waals surface area (Å²) in [5, 5.41) is 7.35. The second-order valence-electron chi connectivity index (χ2n) is 8.93. The van der Waals surface area contributed by atoms with E-state index in [1.807, 2.05) is 0 Å². The Bertz CT molecular complexity index is 1190. The summed E-state index contributed by atoms with van der Waals surface area (Å²) in [5.74, 6) is -1.60. The van der Waals surface area contributed by atoms with E-state index >= 15 is 0 Å². The van der Waals surface area contributed by atoms with Crippen molar-refractivity contribution in [1.82, 2.24) is 20.3 Å². The number of piperidine rings is 1. The number of anilines is 2. The van der Waals surface area contributed by atoms with Crippen LogP contribution in [0, 0.1) is 5.92 Å². The van der Waals surface area contributed by atoms with E-state index in [9.17, 15) is 18.0 Å². The molecule has 194 valence electrons. The van der Waals surface area contributed by atoms with Gasteiger partial charge < -0.3 is 20.5 Å². The third-order valence-electron chi connectivity index (χ3n) is 6.36. The van der Waals surface area contributed by atoms with Crippen LogP contribution in [0.2, 0.25) is 22.6 Å². The summed E-state index contributed by atoms with van der Waals surface area (Å²) in [6.45, 7) is 2.26. The number of aromatic amines is 1. The maximum absolute atomic E-state index is 14.0. The fourth-order valence-corrected chi connectivity index (χ4v) is 5.93. The van der Waals surface area contributed by atoms with Crippen molar-refractivity contribution < 1.29 is 18.0 Å². The molecule has 0 saturated carbocycles. The molecule has 36 heavy (non-hydrogen) atoms. The number of alkyl halides is 3. The number of fused-ring (bicyclic) bond motifs is 1. The number of hydrogen-bond donors (Lipinski definition) is 3. The summed E-state index contributed by atoms with van der Waals surface area (Å²) >= 11 is 12.2. The Morgan fingerprint density at radius 1 is 1.28 bits per heavy atom. The van der Waals surface area contributed by atoms with E-state index in [1.165, 1.54) is 6.33 Å². The summed E-state index contributed by atoms with van der Waals surface area (Å²) in [7, 11) is -0.365. The van der Waals surface area contributed by atoms with Crippen molar-refractivity contribution >= 4 is 61.2 Å². The lowest BCUT2D eigenvalue weighted by Crippen LogP contribution is -2.58. The highest BCUT2D eigenvalue weighted by Gasteiger charge is 2.48. The molecule has 7 nitrogen and oxygen atoms in total. The SMILES string of the molecule is C[SiH2]CC[C@@H](Nc1cc(Cl)cc(Cl)c1)C(=O)N[C@H]1CN(c2ncnc3[nH]ccc23)CC[C@@H]1C(F)(F)F. The highest BCUT2D eigenvalue weighted by molar-refractivity contribution is 6.35. The second kappa shape index (κ2) is 11.3. The molecule has 1 aromatic carbocycles. The number of nitrogens with zero attached hydrogens (tertiary/aromatic N) is 3. The largest absolute Gasteiger partial charge is 0.393 e. The van der Waals surface area contributed by atoms with Gasteiger partial charge in [-0.2, -0.15) is 13.2 Å². The van der Waals surface area contributed by atoms with Crippen LogP contribution in [0.5, 0.6) is 0 Å². The zero-order valence-electron chi connectivity index (χ0n) is 19.6. The maximum Gasteiger partial charge on any atom is 0.393 e. The quantitative estimate of drug-likeness (QED) is 0.350. The lowest BCUT2D eigenvalue weighted by atomic mass is 9.90. The van der Waals surface area contributed by atoms with Crippen LogP contribution in [0.4, 0.5) is 24.7 Å². The van der Waals surface area contributed by atoms with Gasteiger partial charge in [-0.3, -0.25) is 4.79 Å². The van der Waals surface area contributed by atoms with Crippen molar-refractivity contribution in [2.45, 2.75) is 43.7 Å². The number of amides is 1. The molecule has 2 aromatic heterocycles. The van der Waals surface area contributed by atoms with Gasteiger partial charge >= 0.3 is 6.18 Å². The topological polar surface area (TPSA) is 85.9 Å². The first-order valence-electron chi connectivity index (χ1n) is 11.8. The van der Waals surface area contributed by atoms with E-state index in [-0.39, 0.29) is 29.0 Å². The van der Waals surface area contributed by atoms with Gasteiger partial charge in [0, 0.05) is 44.5 Å². The van der Waals surface area contributed by atoms with Gasteiger partial charge in [-0.15, -0.1) is 0 Å². The summed E-state index contributed by atoms with van der Waals surface area (Å²) in [5.41, 5.74) is 1.14. The van der Waals surface area contributed by atoms with Crippen LogP contribution >= 0.6 is 23.2 Å². The molecule has 4 rings (SSSR count). The summed E-state index contributed by atoms with van der Waals surface area (Å²) in [6, 6.07) is 5.63. The highest BCUT2D eigenvalue weighted by Crippen LogP contribution is 2.36. The molecule has 3 heterocycles. The first-order chi connectivity index (χ1) is 17.2. The zero-order valence-corrected chi connectivity index (χ0v) is 22.5. The van der Waals surface area contributed by atoms with Crippen molar-refractivity contribution in [2.24, 2.45) is 5.92 Å². The van der Waals surface area contributed by atoms with Crippen LogP contribution in [0.1, 0.15) is 12.8 Å². The first kappa shape index (κ1) is 26.6. The van der Waals surface area contributed by atoms with Gasteiger partial charge in [0.25, 0.3) is 0 Å². The average molecular weight is 559 g/mol. The molecular formula is C23H27Cl2F3N6OSi. The monoisotopic (exact) mass is 558 g/mol. The number of benzene rings is 1. The molecule has 1 saturated heterocycles. The van der Waals surface area contributed by atoms with Crippen LogP contribution in [-0.4, -0.2) is 61.7 Å². The smallest absolute Gasteiger partial charge is 0.374 e. The standard InChI is InChI=1S/C23H27Cl2F3N6OSi/c1-36-7-4-18(32-15-9-13(24)8-14(25)10-15)22(35)33-19-11-34(6-3-17(19)23(26,27)28)21-16-2-5-29-20(16)30-12-31-21/h2,5,8-10,12,17-19,32H,3-4,6-7,11,36H2,1H3,(H,33,35)(H,29,30,31)/t17-,18+,19-/m0/s1. The van der Waals surface area contributed by atoms with Crippen molar-refractivity contribution in [3.8, 4) is 0 Å². The Kier molecular flexibility index (Phi) is 8.31. The van der Waals surface area contributed by atoms with E-state index in [4.69, 9.17) is 23.2 Å². The fourth-order valence-electron chi connectivity index (χ4n) is 4.59. The Morgan fingerprint density at radius 2 is 2.03 bits per heavy atom. The van der Waals surface area contributed by atoms with Gasteiger partial charge in [0.05, 0.1) is 17.3 Å². The molecule has 13 heteroatoms. The summed E-state index contributed by atoms with van der Waals surface area (Å²) in [6.07, 6.45) is -1.02. The molecule has 3 atom stereocenters. The average Bonchev–Trinajstić information content (AvgIpc) is 3.29. The molecular weight excluding hydrogens is 532 g/mol. The number of carbonyl (C=O) groups is 1. The van der Waals surface area contributed by atoms with Crippen molar-refractivity contribution in [2.75, 3.05) is 23.3 Å². The molecule has 3 N–H and O–H groups in total. The minimum absolute atomic E-state index is 0.0224. The third-order valence-corrected chi connectivity index (χ3v) is 7.91. The number of halogens is 5. The minimum atomic E-state index is -4.45. The lowest BCUT2D eigenvalue weighted by molar-refractivity contribution is -0.186. The second-order valence-corrected chi connectivity index (χ2v) is 11.5. The van der Waals surface area contributed by atoms with E-state index in [0.29, 0.717) is 33.6 Å². The molecule has 0 aliphatic carbocycles. The number of rotatable bonds is 8. The van der Waals surface area contributed by atoms with E-state index in [0.717, 1.165) is 11.4 Å². The number of aromatic nitrogens is 3. The summed E-state index contributed by atoms with van der Waals surface area (Å²) in [4.78, 5) is 26.6. The van der Waals surface area contributed by atoms with Crippen LogP contribution in [0.3, 0.4) is 0 Å². The zero-order chi connectivity index (χ0) is 25.9. The molecule has 0 spiro atoms. The molecule has 0 bridgehead atoms. The Balaban J connectivity index is 1.56. The molecule has 0 radical (unpaired) electrons. The van der Waals surface area contributed by atoms with Gasteiger partial charge in [0.1, 0.15) is 23.8 Å². The predicted octanol–water partition coefficient (Wildman–Crippen LogP) is 4.64.